The number of aromatic amines is 1. The predicted molar refractivity (Wildman–Crippen MR) is 103 cm³/mol. The molecule has 2 aromatic heterocycles. The maximum absolute atomic E-state index is 12.2. The number of amides is 1. The van der Waals surface area contributed by atoms with Crippen LogP contribution in [0.4, 0.5) is 0 Å². The molecule has 0 saturated heterocycles. The van der Waals surface area contributed by atoms with Crippen molar-refractivity contribution in [1.82, 2.24) is 19.9 Å². The van der Waals surface area contributed by atoms with Crippen LogP contribution < -0.4 is 21.3 Å². The van der Waals surface area contributed by atoms with E-state index in [0.717, 1.165) is 10.1 Å². The topological polar surface area (TPSA) is 106 Å². The fraction of sp³-hybridized carbons (Fsp3) is 0.200. The molecule has 0 unspecified atom stereocenters. The van der Waals surface area contributed by atoms with Gasteiger partial charge in [0.1, 0.15) is 12.3 Å². The quantitative estimate of drug-likeness (QED) is 0.676. The summed E-state index contributed by atoms with van der Waals surface area (Å²) in [5.41, 5.74) is 0.930. The number of ether oxygens (including phenoxy) is 1. The normalized spacial score (nSPS) is 10.5. The van der Waals surface area contributed by atoms with Crippen LogP contribution in [0.1, 0.15) is 16.7 Å². The molecule has 0 spiro atoms. The van der Waals surface area contributed by atoms with Gasteiger partial charge in [-0.1, -0.05) is 24.3 Å². The first-order chi connectivity index (χ1) is 13.4. The van der Waals surface area contributed by atoms with E-state index >= 15 is 0 Å². The molecule has 2 heterocycles. The Morgan fingerprint density at radius 2 is 1.93 bits per heavy atom. The average molecular weight is 380 g/mol. The Labute approximate surface area is 160 Å². The first-order valence-electron chi connectivity index (χ1n) is 8.68. The molecule has 1 amide bonds. The van der Waals surface area contributed by atoms with E-state index in [-0.39, 0.29) is 19.0 Å². The number of aromatic nitrogens is 3. The van der Waals surface area contributed by atoms with Gasteiger partial charge >= 0.3 is 5.69 Å². The molecule has 8 nitrogen and oxygen atoms in total. The Kier molecular flexibility index (Phi) is 5.69. The van der Waals surface area contributed by atoms with Crippen LogP contribution in [0.25, 0.3) is 0 Å². The largest absolute Gasteiger partial charge is 0.438 e. The third-order valence-corrected chi connectivity index (χ3v) is 4.13. The van der Waals surface area contributed by atoms with E-state index < -0.39 is 11.2 Å². The summed E-state index contributed by atoms with van der Waals surface area (Å²) in [4.78, 5) is 41.8. The Hall–Kier alpha value is -3.68. The van der Waals surface area contributed by atoms with Crippen molar-refractivity contribution in [3.63, 3.8) is 0 Å². The van der Waals surface area contributed by atoms with Gasteiger partial charge in [-0.15, -0.1) is 0 Å². The SMILES string of the molecule is Cc1ccccc1Oc1ncccc1CNC(=O)Cn1cc(C)c(=O)[nH]c1=O. The molecule has 8 heteroatoms. The Morgan fingerprint density at radius 3 is 2.71 bits per heavy atom. The predicted octanol–water partition coefficient (Wildman–Crippen LogP) is 1.66. The molecule has 144 valence electrons. The highest BCUT2D eigenvalue weighted by molar-refractivity contribution is 5.75. The van der Waals surface area contributed by atoms with Crippen LogP contribution in [0.2, 0.25) is 0 Å². The van der Waals surface area contributed by atoms with E-state index in [1.165, 1.54) is 6.20 Å². The lowest BCUT2D eigenvalue weighted by atomic mass is 10.2. The van der Waals surface area contributed by atoms with Crippen molar-refractivity contribution in [2.75, 3.05) is 0 Å². The monoisotopic (exact) mass is 380 g/mol. The zero-order valence-corrected chi connectivity index (χ0v) is 15.6. The number of aryl methyl sites for hydroxylation is 2. The summed E-state index contributed by atoms with van der Waals surface area (Å²) < 4.78 is 7.03. The van der Waals surface area contributed by atoms with E-state index in [9.17, 15) is 14.4 Å². The van der Waals surface area contributed by atoms with Crippen LogP contribution in [0.5, 0.6) is 11.6 Å². The van der Waals surface area contributed by atoms with E-state index in [4.69, 9.17) is 4.74 Å². The number of H-pyrrole nitrogens is 1. The number of rotatable bonds is 6. The number of nitrogens with zero attached hydrogens (tertiary/aromatic N) is 2. The van der Waals surface area contributed by atoms with Crippen molar-refractivity contribution in [2.24, 2.45) is 0 Å². The second-order valence-corrected chi connectivity index (χ2v) is 6.31. The number of carbonyl (C=O) groups is 1. The van der Waals surface area contributed by atoms with Gasteiger partial charge in [0.05, 0.1) is 0 Å². The van der Waals surface area contributed by atoms with E-state index in [0.29, 0.717) is 22.8 Å². The first-order valence-corrected chi connectivity index (χ1v) is 8.68. The maximum atomic E-state index is 12.2. The molecule has 0 aliphatic carbocycles. The van der Waals surface area contributed by atoms with Crippen LogP contribution in [0, 0.1) is 13.8 Å². The summed E-state index contributed by atoms with van der Waals surface area (Å²) in [6, 6.07) is 11.1. The summed E-state index contributed by atoms with van der Waals surface area (Å²) in [6.45, 7) is 3.48. The van der Waals surface area contributed by atoms with Gasteiger partial charge in [0.2, 0.25) is 11.8 Å². The minimum Gasteiger partial charge on any atom is -0.438 e. The van der Waals surface area contributed by atoms with E-state index in [1.54, 1.807) is 25.3 Å². The molecular weight excluding hydrogens is 360 g/mol. The zero-order chi connectivity index (χ0) is 20.1. The fourth-order valence-corrected chi connectivity index (χ4v) is 2.57. The van der Waals surface area contributed by atoms with Crippen LogP contribution in [0.15, 0.2) is 58.4 Å². The van der Waals surface area contributed by atoms with Gasteiger partial charge in [-0.2, -0.15) is 0 Å². The molecule has 3 aromatic rings. The molecule has 0 aliphatic heterocycles. The second kappa shape index (κ2) is 8.34. The summed E-state index contributed by atoms with van der Waals surface area (Å²) in [6.07, 6.45) is 2.97. The van der Waals surface area contributed by atoms with Gasteiger partial charge in [-0.05, 0) is 31.5 Å². The first kappa shape index (κ1) is 19.1. The Bertz CT molecular complexity index is 1120. The van der Waals surface area contributed by atoms with E-state index in [2.05, 4.69) is 15.3 Å². The molecule has 28 heavy (non-hydrogen) atoms. The van der Waals surface area contributed by atoms with Gasteiger partial charge in [0.25, 0.3) is 5.56 Å². The highest BCUT2D eigenvalue weighted by Crippen LogP contribution is 2.25. The van der Waals surface area contributed by atoms with Crippen molar-refractivity contribution < 1.29 is 9.53 Å². The summed E-state index contributed by atoms with van der Waals surface area (Å²) >= 11 is 0. The minimum atomic E-state index is -0.629. The number of nitrogens with one attached hydrogen (secondary N) is 2. The second-order valence-electron chi connectivity index (χ2n) is 6.31. The lowest BCUT2D eigenvalue weighted by Crippen LogP contribution is -2.36. The summed E-state index contributed by atoms with van der Waals surface area (Å²) in [7, 11) is 0. The number of para-hydroxylation sites is 1. The Balaban J connectivity index is 1.69. The highest BCUT2D eigenvalue weighted by atomic mass is 16.5. The Morgan fingerprint density at radius 1 is 1.14 bits per heavy atom. The standard InChI is InChI=1S/C20H20N4O4/c1-13-6-3-4-8-16(13)28-19-15(7-5-9-21-19)10-22-17(25)12-24-11-14(2)18(26)23-20(24)27/h3-9,11H,10,12H2,1-2H3,(H,22,25)(H,23,26,27). The van der Waals surface area contributed by atoms with Crippen molar-refractivity contribution in [1.29, 1.82) is 0 Å². The fourth-order valence-electron chi connectivity index (χ4n) is 2.57. The number of pyridine rings is 1. The van der Waals surface area contributed by atoms with E-state index in [1.807, 2.05) is 31.2 Å². The smallest absolute Gasteiger partial charge is 0.328 e. The minimum absolute atomic E-state index is 0.185. The van der Waals surface area contributed by atoms with Gasteiger partial charge < -0.3 is 10.1 Å². The molecular formula is C20H20N4O4. The van der Waals surface area contributed by atoms with Gasteiger partial charge in [-0.25, -0.2) is 9.78 Å². The number of benzene rings is 1. The zero-order valence-electron chi connectivity index (χ0n) is 15.6. The third kappa shape index (κ3) is 4.53. The molecule has 0 fully saturated rings. The maximum Gasteiger partial charge on any atom is 0.328 e. The summed E-state index contributed by atoms with van der Waals surface area (Å²) in [5.74, 6) is 0.706. The van der Waals surface area contributed by atoms with Gasteiger partial charge in [-0.3, -0.25) is 19.1 Å². The number of hydrogen-bond donors (Lipinski definition) is 2. The molecule has 0 radical (unpaired) electrons. The lowest BCUT2D eigenvalue weighted by Gasteiger charge is -2.12. The highest BCUT2D eigenvalue weighted by Gasteiger charge is 2.11. The lowest BCUT2D eigenvalue weighted by molar-refractivity contribution is -0.121. The molecule has 3 rings (SSSR count). The summed E-state index contributed by atoms with van der Waals surface area (Å²) in [5, 5.41) is 2.74. The van der Waals surface area contributed by atoms with Crippen molar-refractivity contribution in [2.45, 2.75) is 26.9 Å². The average Bonchev–Trinajstić information content (AvgIpc) is 2.67. The molecule has 2 N–H and O–H groups in total. The number of hydrogen-bond acceptors (Lipinski definition) is 5. The molecule has 0 bridgehead atoms. The number of carbonyl (C=O) groups excluding carboxylic acids is 1. The van der Waals surface area contributed by atoms with Gasteiger partial charge in [0, 0.05) is 30.1 Å². The van der Waals surface area contributed by atoms with Crippen LogP contribution >= 0.6 is 0 Å². The van der Waals surface area contributed by atoms with Crippen LogP contribution in [-0.2, 0) is 17.9 Å². The van der Waals surface area contributed by atoms with Crippen LogP contribution in [-0.4, -0.2) is 20.4 Å². The van der Waals surface area contributed by atoms with Gasteiger partial charge in [0.15, 0.2) is 0 Å². The molecule has 0 saturated carbocycles. The van der Waals surface area contributed by atoms with Crippen molar-refractivity contribution in [3.8, 4) is 11.6 Å². The van der Waals surface area contributed by atoms with Crippen molar-refractivity contribution >= 4 is 5.91 Å². The van der Waals surface area contributed by atoms with Crippen LogP contribution in [0.3, 0.4) is 0 Å². The molecule has 0 atom stereocenters. The third-order valence-electron chi connectivity index (χ3n) is 4.13. The molecule has 1 aromatic carbocycles. The molecule has 0 aliphatic rings. The van der Waals surface area contributed by atoms with Crippen molar-refractivity contribution in [3.05, 3.63) is 86.3 Å².